The number of carbonyl (C=O) groups excluding carboxylic acids is 2. The second-order valence-electron chi connectivity index (χ2n) is 5.75. The average molecular weight is 392 g/mol. The molecule has 2 rings (SSSR count). The molecule has 27 heavy (non-hydrogen) atoms. The van der Waals surface area contributed by atoms with Crippen molar-refractivity contribution in [2.45, 2.75) is 26.4 Å². The summed E-state index contributed by atoms with van der Waals surface area (Å²) in [4.78, 5) is 24.2. The second kappa shape index (κ2) is 9.83. The van der Waals surface area contributed by atoms with Crippen molar-refractivity contribution < 1.29 is 23.8 Å². The van der Waals surface area contributed by atoms with Crippen molar-refractivity contribution in [1.29, 1.82) is 0 Å². The van der Waals surface area contributed by atoms with Gasteiger partial charge < -0.3 is 19.5 Å². The van der Waals surface area contributed by atoms with E-state index in [4.69, 9.17) is 25.8 Å². The maximum Gasteiger partial charge on any atom is 0.344 e. The van der Waals surface area contributed by atoms with Gasteiger partial charge in [-0.25, -0.2) is 4.79 Å². The Morgan fingerprint density at radius 3 is 2.48 bits per heavy atom. The number of rotatable bonds is 8. The largest absolute Gasteiger partial charge is 0.495 e. The van der Waals surface area contributed by atoms with Crippen LogP contribution < -0.4 is 14.8 Å². The van der Waals surface area contributed by atoms with Gasteiger partial charge in [0.2, 0.25) is 0 Å². The van der Waals surface area contributed by atoms with Crippen molar-refractivity contribution in [2.24, 2.45) is 0 Å². The van der Waals surface area contributed by atoms with Crippen LogP contribution in [0.25, 0.3) is 0 Å². The number of amides is 1. The summed E-state index contributed by atoms with van der Waals surface area (Å²) in [7, 11) is 1.48. The molecule has 0 spiro atoms. The number of carbonyl (C=O) groups is 2. The van der Waals surface area contributed by atoms with E-state index in [1.807, 2.05) is 12.1 Å². The van der Waals surface area contributed by atoms with Crippen molar-refractivity contribution >= 4 is 29.2 Å². The fourth-order valence-corrected chi connectivity index (χ4v) is 2.43. The number of esters is 1. The van der Waals surface area contributed by atoms with Crippen LogP contribution in [-0.4, -0.2) is 31.7 Å². The Kier molecular flexibility index (Phi) is 7.49. The van der Waals surface area contributed by atoms with E-state index in [0.29, 0.717) is 22.2 Å². The minimum atomic E-state index is -1.01. The number of ether oxygens (including phenoxy) is 3. The maximum atomic E-state index is 12.2. The van der Waals surface area contributed by atoms with Gasteiger partial charge >= 0.3 is 5.97 Å². The number of methoxy groups -OCH3 is 1. The summed E-state index contributed by atoms with van der Waals surface area (Å²) < 4.78 is 15.6. The van der Waals surface area contributed by atoms with Gasteiger partial charge in [-0.1, -0.05) is 30.7 Å². The highest BCUT2D eigenvalue weighted by Gasteiger charge is 2.19. The van der Waals surface area contributed by atoms with Gasteiger partial charge in [0, 0.05) is 5.02 Å². The molecule has 0 radical (unpaired) electrons. The topological polar surface area (TPSA) is 73.9 Å². The summed E-state index contributed by atoms with van der Waals surface area (Å²) in [6.07, 6.45) is -0.0842. The monoisotopic (exact) mass is 391 g/mol. The first-order valence-electron chi connectivity index (χ1n) is 8.48. The molecule has 1 amide bonds. The molecule has 0 aliphatic heterocycles. The van der Waals surface area contributed by atoms with Gasteiger partial charge in [-0.2, -0.15) is 0 Å². The third-order valence-corrected chi connectivity index (χ3v) is 4.02. The summed E-state index contributed by atoms with van der Waals surface area (Å²) in [6.45, 7) is 3.24. The number of benzene rings is 2. The number of halogens is 1. The van der Waals surface area contributed by atoms with Crippen LogP contribution in [0.2, 0.25) is 5.02 Å². The Balaban J connectivity index is 1.86. The summed E-state index contributed by atoms with van der Waals surface area (Å²) in [5, 5.41) is 3.07. The van der Waals surface area contributed by atoms with Crippen LogP contribution in [0, 0.1) is 0 Å². The van der Waals surface area contributed by atoms with Gasteiger partial charge in [0.25, 0.3) is 5.91 Å². The highest BCUT2D eigenvalue weighted by atomic mass is 35.5. The van der Waals surface area contributed by atoms with Crippen LogP contribution in [0.15, 0.2) is 42.5 Å². The van der Waals surface area contributed by atoms with Crippen molar-refractivity contribution in [3.05, 3.63) is 53.1 Å². The first-order valence-corrected chi connectivity index (χ1v) is 8.86. The highest BCUT2D eigenvalue weighted by Crippen LogP contribution is 2.27. The molecule has 0 aromatic heterocycles. The predicted molar refractivity (Wildman–Crippen MR) is 104 cm³/mol. The molecule has 0 saturated heterocycles. The van der Waals surface area contributed by atoms with E-state index in [0.717, 1.165) is 6.42 Å². The van der Waals surface area contributed by atoms with E-state index in [9.17, 15) is 9.59 Å². The zero-order valence-electron chi connectivity index (χ0n) is 15.5. The lowest BCUT2D eigenvalue weighted by molar-refractivity contribution is -0.155. The van der Waals surface area contributed by atoms with Crippen molar-refractivity contribution in [3.8, 4) is 11.5 Å². The van der Waals surface area contributed by atoms with Gasteiger partial charge in [0.1, 0.15) is 11.5 Å². The van der Waals surface area contributed by atoms with Crippen LogP contribution in [0.5, 0.6) is 11.5 Å². The van der Waals surface area contributed by atoms with E-state index >= 15 is 0 Å². The Hall–Kier alpha value is -2.73. The first kappa shape index (κ1) is 20.6. The molecule has 1 atom stereocenters. The highest BCUT2D eigenvalue weighted by molar-refractivity contribution is 6.31. The van der Waals surface area contributed by atoms with E-state index in [1.165, 1.54) is 19.6 Å². The molecule has 0 bridgehead atoms. The van der Waals surface area contributed by atoms with E-state index in [1.54, 1.807) is 30.3 Å². The third kappa shape index (κ3) is 6.18. The first-order chi connectivity index (χ1) is 12.9. The fraction of sp³-hybridized carbons (Fsp3) is 0.300. The molecular weight excluding hydrogens is 370 g/mol. The molecule has 6 nitrogen and oxygen atoms in total. The molecule has 0 fully saturated rings. The smallest absolute Gasteiger partial charge is 0.344 e. The van der Waals surface area contributed by atoms with E-state index in [-0.39, 0.29) is 6.61 Å². The predicted octanol–water partition coefficient (Wildman–Crippen LogP) is 3.86. The molecule has 1 N–H and O–H groups in total. The van der Waals surface area contributed by atoms with Crippen LogP contribution in [-0.2, 0) is 20.7 Å². The lowest BCUT2D eigenvalue weighted by Gasteiger charge is -2.15. The number of hydrogen-bond donors (Lipinski definition) is 1. The Morgan fingerprint density at radius 1 is 1.15 bits per heavy atom. The van der Waals surface area contributed by atoms with Crippen molar-refractivity contribution in [3.63, 3.8) is 0 Å². The molecule has 0 aliphatic carbocycles. The SMILES string of the molecule is CCc1ccc(OCC(=O)OC(C)C(=O)Nc2cc(Cl)ccc2OC)cc1. The quantitative estimate of drug-likeness (QED) is 0.691. The van der Waals surface area contributed by atoms with E-state index in [2.05, 4.69) is 12.2 Å². The molecule has 2 aromatic carbocycles. The van der Waals surface area contributed by atoms with Crippen LogP contribution >= 0.6 is 11.6 Å². The van der Waals surface area contributed by atoms with E-state index < -0.39 is 18.0 Å². The summed E-state index contributed by atoms with van der Waals surface area (Å²) >= 11 is 5.93. The summed E-state index contributed by atoms with van der Waals surface area (Å²) in [6, 6.07) is 12.2. The van der Waals surface area contributed by atoms with Crippen molar-refractivity contribution in [1.82, 2.24) is 0 Å². The zero-order valence-corrected chi connectivity index (χ0v) is 16.2. The Labute approximate surface area is 163 Å². The Morgan fingerprint density at radius 2 is 1.85 bits per heavy atom. The average Bonchev–Trinajstić information content (AvgIpc) is 2.67. The van der Waals surface area contributed by atoms with Gasteiger partial charge in [-0.15, -0.1) is 0 Å². The number of nitrogens with one attached hydrogen (secondary N) is 1. The minimum Gasteiger partial charge on any atom is -0.495 e. The molecule has 2 aromatic rings. The molecule has 0 saturated carbocycles. The third-order valence-electron chi connectivity index (χ3n) is 3.79. The van der Waals surface area contributed by atoms with Gasteiger partial charge in [-0.05, 0) is 49.2 Å². The van der Waals surface area contributed by atoms with Crippen molar-refractivity contribution in [2.75, 3.05) is 19.0 Å². The number of aryl methyl sites for hydroxylation is 1. The second-order valence-corrected chi connectivity index (χ2v) is 6.19. The summed E-state index contributed by atoms with van der Waals surface area (Å²) in [5.41, 5.74) is 1.57. The van der Waals surface area contributed by atoms with Gasteiger partial charge in [-0.3, -0.25) is 4.79 Å². The standard InChI is InChI=1S/C20H22ClNO5/c1-4-14-5-8-16(9-6-14)26-12-19(23)27-13(2)20(24)22-17-11-15(21)7-10-18(17)25-3/h5-11,13H,4,12H2,1-3H3,(H,22,24). The minimum absolute atomic E-state index is 0.288. The number of hydrogen-bond acceptors (Lipinski definition) is 5. The summed E-state index contributed by atoms with van der Waals surface area (Å²) in [5.74, 6) is -0.137. The molecule has 0 heterocycles. The number of anilines is 1. The lowest BCUT2D eigenvalue weighted by atomic mass is 10.2. The van der Waals surface area contributed by atoms with Gasteiger partial charge in [0.05, 0.1) is 12.8 Å². The van der Waals surface area contributed by atoms with Gasteiger partial charge in [0.15, 0.2) is 12.7 Å². The molecule has 144 valence electrons. The Bertz CT molecular complexity index is 791. The van der Waals surface area contributed by atoms with Crippen LogP contribution in [0.1, 0.15) is 19.4 Å². The normalized spacial score (nSPS) is 11.4. The molecule has 1 unspecified atom stereocenters. The zero-order chi connectivity index (χ0) is 19.8. The van der Waals surface area contributed by atoms with Crippen LogP contribution in [0.3, 0.4) is 0 Å². The maximum absolute atomic E-state index is 12.2. The van der Waals surface area contributed by atoms with Crippen LogP contribution in [0.4, 0.5) is 5.69 Å². The molecular formula is C20H22ClNO5. The molecule has 7 heteroatoms. The fourth-order valence-electron chi connectivity index (χ4n) is 2.26. The lowest BCUT2D eigenvalue weighted by Crippen LogP contribution is -2.31. The molecule has 0 aliphatic rings.